The molecule has 1 aliphatic heterocycles. The van der Waals surface area contributed by atoms with Crippen LogP contribution in [-0.4, -0.2) is 11.9 Å². The predicted octanol–water partition coefficient (Wildman–Crippen LogP) is 3.03. The summed E-state index contributed by atoms with van der Waals surface area (Å²) in [6.07, 6.45) is 2.36. The Morgan fingerprint density at radius 2 is 2.20 bits per heavy atom. The zero-order chi connectivity index (χ0) is 11.0. The molecule has 1 aromatic rings. The molecular weight excluding hydrogens is 192 g/mol. The van der Waals surface area contributed by atoms with E-state index >= 15 is 0 Å². The summed E-state index contributed by atoms with van der Waals surface area (Å²) in [6, 6.07) is 1.82. The summed E-state index contributed by atoms with van der Waals surface area (Å²) in [5.74, 6) is 1.54. The minimum Gasteiger partial charge on any atom is -0.463 e. The normalized spacial score (nSPS) is 25.8. The number of aryl methyl sites for hydroxylation is 1. The van der Waals surface area contributed by atoms with E-state index in [-0.39, 0.29) is 11.9 Å². The molecule has 0 radical (unpaired) electrons. The standard InChI is InChI=1S/C12H16O3/c1-7-4-5-11(14-7)12-6-10(8(2)13)9(3)15-12/h6-7,11H,4-5H2,1-3H3/t7-,11+/m1/s1. The Morgan fingerprint density at radius 1 is 1.47 bits per heavy atom. The molecule has 1 saturated heterocycles. The molecule has 0 saturated carbocycles. The van der Waals surface area contributed by atoms with E-state index in [1.54, 1.807) is 6.92 Å². The van der Waals surface area contributed by atoms with Crippen LogP contribution in [0.4, 0.5) is 0 Å². The fraction of sp³-hybridized carbons (Fsp3) is 0.583. The van der Waals surface area contributed by atoms with Gasteiger partial charge in [0.15, 0.2) is 5.78 Å². The van der Waals surface area contributed by atoms with E-state index in [0.717, 1.165) is 18.6 Å². The largest absolute Gasteiger partial charge is 0.463 e. The van der Waals surface area contributed by atoms with E-state index in [0.29, 0.717) is 17.4 Å². The van der Waals surface area contributed by atoms with Gasteiger partial charge in [-0.3, -0.25) is 4.79 Å². The average molecular weight is 208 g/mol. The Bertz CT molecular complexity index is 378. The van der Waals surface area contributed by atoms with E-state index in [4.69, 9.17) is 9.15 Å². The molecule has 1 aromatic heterocycles. The molecule has 0 unspecified atom stereocenters. The molecule has 1 aliphatic rings. The van der Waals surface area contributed by atoms with Gasteiger partial charge in [0.25, 0.3) is 0 Å². The molecule has 15 heavy (non-hydrogen) atoms. The second kappa shape index (κ2) is 3.81. The van der Waals surface area contributed by atoms with E-state index < -0.39 is 0 Å². The van der Waals surface area contributed by atoms with E-state index in [2.05, 4.69) is 6.92 Å². The SMILES string of the molecule is CC(=O)c1cc([C@@H]2CC[C@@H](C)O2)oc1C. The van der Waals surface area contributed by atoms with Crippen LogP contribution in [0.1, 0.15) is 54.7 Å². The van der Waals surface area contributed by atoms with Gasteiger partial charge in [0.2, 0.25) is 0 Å². The van der Waals surface area contributed by atoms with Crippen molar-refractivity contribution in [1.29, 1.82) is 0 Å². The number of Topliss-reactive ketones (excluding diaryl/α,β-unsaturated/α-hetero) is 1. The third-order valence-corrected chi connectivity index (χ3v) is 2.87. The lowest BCUT2D eigenvalue weighted by Crippen LogP contribution is -1.99. The fourth-order valence-corrected chi connectivity index (χ4v) is 2.03. The Labute approximate surface area is 89.4 Å². The van der Waals surface area contributed by atoms with Crippen molar-refractivity contribution in [2.45, 2.75) is 45.8 Å². The first-order chi connectivity index (χ1) is 7.08. The van der Waals surface area contributed by atoms with Gasteiger partial charge >= 0.3 is 0 Å². The molecule has 2 atom stereocenters. The lowest BCUT2D eigenvalue weighted by molar-refractivity contribution is 0.0419. The van der Waals surface area contributed by atoms with E-state index in [1.165, 1.54) is 0 Å². The van der Waals surface area contributed by atoms with E-state index in [9.17, 15) is 4.79 Å². The van der Waals surface area contributed by atoms with Crippen molar-refractivity contribution in [3.8, 4) is 0 Å². The third-order valence-electron chi connectivity index (χ3n) is 2.87. The van der Waals surface area contributed by atoms with Crippen molar-refractivity contribution < 1.29 is 13.9 Å². The summed E-state index contributed by atoms with van der Waals surface area (Å²) >= 11 is 0. The average Bonchev–Trinajstić information content (AvgIpc) is 2.71. The Balaban J connectivity index is 2.23. The predicted molar refractivity (Wildman–Crippen MR) is 56.0 cm³/mol. The van der Waals surface area contributed by atoms with Crippen LogP contribution in [0, 0.1) is 6.92 Å². The summed E-state index contributed by atoms with van der Waals surface area (Å²) in [5, 5.41) is 0. The van der Waals surface area contributed by atoms with Gasteiger partial charge in [0.05, 0.1) is 11.7 Å². The molecule has 0 bridgehead atoms. The van der Waals surface area contributed by atoms with Crippen LogP contribution < -0.4 is 0 Å². The molecule has 82 valence electrons. The molecule has 2 heterocycles. The molecule has 0 amide bonds. The molecule has 1 fully saturated rings. The molecule has 0 N–H and O–H groups in total. The topological polar surface area (TPSA) is 39.4 Å². The minimum absolute atomic E-state index is 0.0341. The zero-order valence-corrected chi connectivity index (χ0v) is 9.37. The third kappa shape index (κ3) is 1.97. The van der Waals surface area contributed by atoms with Gasteiger partial charge in [-0.25, -0.2) is 0 Å². The monoisotopic (exact) mass is 208 g/mol. The minimum atomic E-state index is 0.0341. The van der Waals surface area contributed by atoms with Crippen LogP contribution in [0.2, 0.25) is 0 Å². The lowest BCUT2D eigenvalue weighted by Gasteiger charge is -2.06. The maximum absolute atomic E-state index is 11.3. The number of furan rings is 1. The highest BCUT2D eigenvalue weighted by Crippen LogP contribution is 2.34. The highest BCUT2D eigenvalue weighted by Gasteiger charge is 2.27. The van der Waals surface area contributed by atoms with Crippen molar-refractivity contribution in [3.63, 3.8) is 0 Å². The number of carbonyl (C=O) groups is 1. The Kier molecular flexibility index (Phi) is 2.65. The quantitative estimate of drug-likeness (QED) is 0.701. The number of carbonyl (C=O) groups excluding carboxylic acids is 1. The first kappa shape index (κ1) is 10.4. The van der Waals surface area contributed by atoms with Crippen LogP contribution in [0.25, 0.3) is 0 Å². The molecule has 3 nitrogen and oxygen atoms in total. The maximum atomic E-state index is 11.3. The van der Waals surface area contributed by atoms with Gasteiger partial charge in [-0.1, -0.05) is 0 Å². The Hall–Kier alpha value is -1.09. The Morgan fingerprint density at radius 3 is 2.67 bits per heavy atom. The highest BCUT2D eigenvalue weighted by molar-refractivity contribution is 5.95. The fourth-order valence-electron chi connectivity index (χ4n) is 2.03. The van der Waals surface area contributed by atoms with Crippen molar-refractivity contribution in [1.82, 2.24) is 0 Å². The van der Waals surface area contributed by atoms with Crippen LogP contribution in [0.3, 0.4) is 0 Å². The van der Waals surface area contributed by atoms with Crippen LogP contribution in [0.5, 0.6) is 0 Å². The van der Waals surface area contributed by atoms with Crippen LogP contribution >= 0.6 is 0 Å². The van der Waals surface area contributed by atoms with Gasteiger partial charge in [-0.15, -0.1) is 0 Å². The molecule has 0 aliphatic carbocycles. The first-order valence-corrected chi connectivity index (χ1v) is 5.34. The molecule has 2 rings (SSSR count). The van der Waals surface area contributed by atoms with Crippen molar-refractivity contribution in [2.24, 2.45) is 0 Å². The maximum Gasteiger partial charge on any atom is 0.163 e. The number of ketones is 1. The summed E-state index contributed by atoms with van der Waals surface area (Å²) in [6.45, 7) is 5.43. The van der Waals surface area contributed by atoms with Gasteiger partial charge in [0, 0.05) is 0 Å². The van der Waals surface area contributed by atoms with Crippen molar-refractivity contribution in [3.05, 3.63) is 23.2 Å². The molecular formula is C12H16O3. The molecule has 0 spiro atoms. The van der Waals surface area contributed by atoms with Gasteiger partial charge in [-0.05, 0) is 39.7 Å². The number of ether oxygens (including phenoxy) is 1. The number of hydrogen-bond acceptors (Lipinski definition) is 3. The highest BCUT2D eigenvalue weighted by atomic mass is 16.5. The van der Waals surface area contributed by atoms with Crippen LogP contribution in [-0.2, 0) is 4.74 Å². The lowest BCUT2D eigenvalue weighted by atomic mass is 10.1. The summed E-state index contributed by atoms with van der Waals surface area (Å²) in [7, 11) is 0. The van der Waals surface area contributed by atoms with Crippen molar-refractivity contribution >= 4 is 5.78 Å². The molecule has 0 aromatic carbocycles. The second-order valence-corrected chi connectivity index (χ2v) is 4.19. The smallest absolute Gasteiger partial charge is 0.163 e. The first-order valence-electron chi connectivity index (χ1n) is 5.34. The van der Waals surface area contributed by atoms with Crippen LogP contribution in [0.15, 0.2) is 10.5 Å². The zero-order valence-electron chi connectivity index (χ0n) is 9.37. The summed E-state index contributed by atoms with van der Waals surface area (Å²) in [5.41, 5.74) is 0.674. The molecule has 3 heteroatoms. The van der Waals surface area contributed by atoms with Gasteiger partial charge in [0.1, 0.15) is 17.6 Å². The number of hydrogen-bond donors (Lipinski definition) is 0. The summed E-state index contributed by atoms with van der Waals surface area (Å²) < 4.78 is 11.3. The van der Waals surface area contributed by atoms with E-state index in [1.807, 2.05) is 13.0 Å². The van der Waals surface area contributed by atoms with Gasteiger partial charge in [-0.2, -0.15) is 0 Å². The number of rotatable bonds is 2. The van der Waals surface area contributed by atoms with Gasteiger partial charge < -0.3 is 9.15 Å². The summed E-state index contributed by atoms with van der Waals surface area (Å²) in [4.78, 5) is 11.3. The second-order valence-electron chi connectivity index (χ2n) is 4.19. The van der Waals surface area contributed by atoms with Crippen molar-refractivity contribution in [2.75, 3.05) is 0 Å².